The summed E-state index contributed by atoms with van der Waals surface area (Å²) in [6.45, 7) is -1.72. The highest BCUT2D eigenvalue weighted by atomic mass is 32.1. The number of para-hydroxylation sites is 1. The molecule has 0 aliphatic heterocycles. The molecule has 186 valence electrons. The molecule has 0 aliphatic rings. The Morgan fingerprint density at radius 3 is 2.46 bits per heavy atom. The number of aromatic nitrogens is 3. The Kier molecular flexibility index (Phi) is 6.74. The molecule has 0 bridgehead atoms. The molecule has 5 rings (SSSR count). The van der Waals surface area contributed by atoms with Crippen LogP contribution in [0.25, 0.3) is 27.3 Å². The maximum Gasteiger partial charge on any atom is 0.387 e. The summed E-state index contributed by atoms with van der Waals surface area (Å²) in [5.41, 5.74) is 2.86. The first kappa shape index (κ1) is 24.3. The fourth-order valence-electron chi connectivity index (χ4n) is 3.86. The Bertz CT molecular complexity index is 1570. The highest BCUT2D eigenvalue weighted by molar-refractivity contribution is 7.13. The molecule has 7 nitrogen and oxygen atoms in total. The van der Waals surface area contributed by atoms with Gasteiger partial charge in [-0.2, -0.15) is 13.9 Å². The van der Waals surface area contributed by atoms with Gasteiger partial charge in [0.15, 0.2) is 18.0 Å². The lowest BCUT2D eigenvalue weighted by Crippen LogP contribution is -2.15. The maximum absolute atomic E-state index is 13.3. The number of Topliss-reactive ketones (excluding diaryl/α,β-unsaturated/α-hetero) is 1. The van der Waals surface area contributed by atoms with Gasteiger partial charge < -0.3 is 9.47 Å². The van der Waals surface area contributed by atoms with E-state index in [9.17, 15) is 18.4 Å². The van der Waals surface area contributed by atoms with Crippen molar-refractivity contribution in [1.82, 2.24) is 14.8 Å². The van der Waals surface area contributed by atoms with Gasteiger partial charge in [0.2, 0.25) is 0 Å². The van der Waals surface area contributed by atoms with Crippen molar-refractivity contribution < 1.29 is 27.8 Å². The summed E-state index contributed by atoms with van der Waals surface area (Å²) >= 11 is 1.48. The molecule has 3 aromatic heterocycles. The van der Waals surface area contributed by atoms with Crippen molar-refractivity contribution in [2.24, 2.45) is 0 Å². The van der Waals surface area contributed by atoms with Gasteiger partial charge in [0, 0.05) is 5.56 Å². The zero-order valence-electron chi connectivity index (χ0n) is 19.4. The predicted octanol–water partition coefficient (Wildman–Crippen LogP) is 6.10. The monoisotopic (exact) mass is 519 g/mol. The molecule has 0 saturated carbocycles. The van der Waals surface area contributed by atoms with Crippen molar-refractivity contribution in [3.05, 3.63) is 95.0 Å². The number of halogens is 2. The van der Waals surface area contributed by atoms with Crippen LogP contribution < -0.4 is 4.74 Å². The number of ether oxygens (including phenoxy) is 2. The minimum atomic E-state index is -2.96. The van der Waals surface area contributed by atoms with Crippen LogP contribution in [0.3, 0.4) is 0 Å². The van der Waals surface area contributed by atoms with E-state index >= 15 is 0 Å². The summed E-state index contributed by atoms with van der Waals surface area (Å²) in [5, 5.41) is 7.05. The van der Waals surface area contributed by atoms with Gasteiger partial charge in [-0.1, -0.05) is 24.3 Å². The highest BCUT2D eigenvalue weighted by Crippen LogP contribution is 2.31. The van der Waals surface area contributed by atoms with Crippen molar-refractivity contribution in [3.8, 4) is 22.0 Å². The number of carbonyl (C=O) groups excluding carboxylic acids is 2. The normalized spacial score (nSPS) is 11.1. The van der Waals surface area contributed by atoms with Gasteiger partial charge in [-0.25, -0.2) is 14.5 Å². The van der Waals surface area contributed by atoms with Gasteiger partial charge in [0.1, 0.15) is 5.75 Å². The van der Waals surface area contributed by atoms with E-state index in [0.717, 1.165) is 10.6 Å². The summed E-state index contributed by atoms with van der Waals surface area (Å²) in [6.07, 6.45) is 0. The van der Waals surface area contributed by atoms with Gasteiger partial charge in [-0.05, 0) is 60.8 Å². The predicted molar refractivity (Wildman–Crippen MR) is 135 cm³/mol. The Hall–Kier alpha value is -4.44. The number of carbonyl (C=O) groups is 2. The number of hydrogen-bond donors (Lipinski definition) is 0. The maximum atomic E-state index is 13.3. The van der Waals surface area contributed by atoms with Crippen LogP contribution in [0.5, 0.6) is 5.75 Å². The second-order valence-electron chi connectivity index (χ2n) is 7.97. The quantitative estimate of drug-likeness (QED) is 0.182. The van der Waals surface area contributed by atoms with Gasteiger partial charge >= 0.3 is 12.6 Å². The number of nitrogens with zero attached hydrogens (tertiary/aromatic N) is 3. The molecule has 0 fully saturated rings. The molecule has 0 saturated heterocycles. The second kappa shape index (κ2) is 10.3. The molecule has 0 aliphatic carbocycles. The van der Waals surface area contributed by atoms with Crippen LogP contribution in [-0.4, -0.2) is 39.7 Å². The van der Waals surface area contributed by atoms with Crippen molar-refractivity contribution in [2.75, 3.05) is 6.61 Å². The molecule has 0 N–H and O–H groups in total. The lowest BCUT2D eigenvalue weighted by Gasteiger charge is -2.09. The molecule has 37 heavy (non-hydrogen) atoms. The molecular formula is C27H19F2N3O4S. The second-order valence-corrected chi connectivity index (χ2v) is 8.91. The van der Waals surface area contributed by atoms with Crippen molar-refractivity contribution in [2.45, 2.75) is 13.5 Å². The average Bonchev–Trinajstić information content (AvgIpc) is 3.56. The van der Waals surface area contributed by atoms with Gasteiger partial charge in [-0.3, -0.25) is 4.79 Å². The number of benzene rings is 2. The van der Waals surface area contributed by atoms with E-state index in [1.54, 1.807) is 17.7 Å². The molecule has 0 amide bonds. The molecule has 3 heterocycles. The topological polar surface area (TPSA) is 83.3 Å². The lowest BCUT2D eigenvalue weighted by atomic mass is 10.1. The minimum Gasteiger partial charge on any atom is -0.454 e. The van der Waals surface area contributed by atoms with Crippen LogP contribution in [0.1, 0.15) is 26.4 Å². The van der Waals surface area contributed by atoms with Crippen molar-refractivity contribution in [1.29, 1.82) is 0 Å². The van der Waals surface area contributed by atoms with E-state index in [1.807, 2.05) is 47.8 Å². The molecular weight excluding hydrogens is 500 g/mol. The summed E-state index contributed by atoms with van der Waals surface area (Å²) in [7, 11) is 0. The van der Waals surface area contributed by atoms with E-state index in [2.05, 4.69) is 9.84 Å². The third-order valence-corrected chi connectivity index (χ3v) is 6.44. The minimum absolute atomic E-state index is 0.0743. The van der Waals surface area contributed by atoms with E-state index in [-0.39, 0.29) is 16.9 Å². The Morgan fingerprint density at radius 2 is 1.78 bits per heavy atom. The number of esters is 1. The largest absolute Gasteiger partial charge is 0.454 e. The van der Waals surface area contributed by atoms with E-state index in [4.69, 9.17) is 9.72 Å². The van der Waals surface area contributed by atoms with Crippen LogP contribution in [0.2, 0.25) is 0 Å². The number of alkyl halides is 2. The van der Waals surface area contributed by atoms with Crippen LogP contribution >= 0.6 is 11.3 Å². The molecule has 0 atom stereocenters. The van der Waals surface area contributed by atoms with Gasteiger partial charge in [0.05, 0.1) is 32.9 Å². The number of thiophene rings is 1. The highest BCUT2D eigenvalue weighted by Gasteiger charge is 2.23. The molecule has 0 spiro atoms. The number of ketones is 1. The first-order valence-corrected chi connectivity index (χ1v) is 12.0. The number of aryl methyl sites for hydroxylation is 1. The molecule has 10 heteroatoms. The van der Waals surface area contributed by atoms with Crippen LogP contribution in [-0.2, 0) is 4.74 Å². The molecule has 2 aromatic carbocycles. The first-order chi connectivity index (χ1) is 17.9. The lowest BCUT2D eigenvalue weighted by molar-refractivity contribution is -0.0498. The zero-order valence-corrected chi connectivity index (χ0v) is 20.2. The van der Waals surface area contributed by atoms with Crippen molar-refractivity contribution >= 4 is 34.1 Å². The average molecular weight is 520 g/mol. The summed E-state index contributed by atoms with van der Waals surface area (Å²) in [6, 6.07) is 20.0. The first-order valence-electron chi connectivity index (χ1n) is 11.2. The van der Waals surface area contributed by atoms with Gasteiger partial charge in [-0.15, -0.1) is 11.3 Å². The molecule has 0 radical (unpaired) electrons. The Morgan fingerprint density at radius 1 is 1.03 bits per heavy atom. The Labute approximate surface area is 213 Å². The number of hydrogen-bond acceptors (Lipinski definition) is 7. The third kappa shape index (κ3) is 5.10. The standard InChI is InChI=1S/C27H19F2N3O4S/c1-16-24-20(26(34)35-15-22(33)17-9-11-19(12-10-17)36-27(28)29)14-21(23-8-5-13-37-23)30-25(24)32(31-16)18-6-3-2-4-7-18/h2-14,27H,15H2,1H3. The van der Waals surface area contributed by atoms with Gasteiger partial charge in [0.25, 0.3) is 0 Å². The van der Waals surface area contributed by atoms with Crippen LogP contribution in [0.15, 0.2) is 78.2 Å². The Balaban J connectivity index is 1.46. The van der Waals surface area contributed by atoms with Crippen LogP contribution in [0.4, 0.5) is 8.78 Å². The summed E-state index contributed by atoms with van der Waals surface area (Å²) in [5.74, 6) is -1.26. The zero-order chi connectivity index (χ0) is 25.9. The molecule has 5 aromatic rings. The van der Waals surface area contributed by atoms with E-state index in [1.165, 1.54) is 35.6 Å². The van der Waals surface area contributed by atoms with E-state index < -0.39 is 25.0 Å². The smallest absolute Gasteiger partial charge is 0.387 e. The fraction of sp³-hybridized carbons (Fsp3) is 0.111. The van der Waals surface area contributed by atoms with E-state index in [0.29, 0.717) is 22.4 Å². The number of pyridine rings is 1. The summed E-state index contributed by atoms with van der Waals surface area (Å²) in [4.78, 5) is 31.5. The molecule has 0 unspecified atom stereocenters. The SMILES string of the molecule is Cc1nn(-c2ccccc2)c2nc(-c3cccs3)cc(C(=O)OCC(=O)c3ccc(OC(F)F)cc3)c12. The fourth-order valence-corrected chi connectivity index (χ4v) is 4.55. The third-order valence-electron chi connectivity index (χ3n) is 5.54. The number of fused-ring (bicyclic) bond motifs is 1. The number of rotatable bonds is 8. The summed E-state index contributed by atoms with van der Waals surface area (Å²) < 4.78 is 36.1. The van der Waals surface area contributed by atoms with Crippen molar-refractivity contribution in [3.63, 3.8) is 0 Å². The van der Waals surface area contributed by atoms with Crippen LogP contribution in [0, 0.1) is 6.92 Å².